The van der Waals surface area contributed by atoms with Crippen molar-refractivity contribution in [1.82, 2.24) is 0 Å². The Bertz CT molecular complexity index is 161. The first-order valence-electron chi connectivity index (χ1n) is 5.90. The van der Waals surface area contributed by atoms with Crippen LogP contribution in [-0.4, -0.2) is 45.4 Å². The number of carbonyl (C=O) groups is 1. The molecule has 2 atom stereocenters. The highest BCUT2D eigenvalue weighted by Crippen LogP contribution is 2.09. The third-order valence-electron chi connectivity index (χ3n) is 2.33. The molecule has 0 saturated heterocycles. The molecule has 2 unspecified atom stereocenters. The number of methoxy groups -OCH3 is 1. The summed E-state index contributed by atoms with van der Waals surface area (Å²) in [7, 11) is 1.66. The topological polar surface area (TPSA) is 44.8 Å². The molecule has 4 nitrogen and oxygen atoms in total. The van der Waals surface area contributed by atoms with Gasteiger partial charge in [0.05, 0.1) is 32.0 Å². The number of hydrogen-bond acceptors (Lipinski definition) is 4. The van der Waals surface area contributed by atoms with E-state index in [0.717, 1.165) is 19.1 Å². The van der Waals surface area contributed by atoms with E-state index in [-0.39, 0.29) is 12.2 Å². The Morgan fingerprint density at radius 3 is 2.50 bits per heavy atom. The molecule has 0 saturated carbocycles. The van der Waals surface area contributed by atoms with E-state index in [1.165, 1.54) is 0 Å². The van der Waals surface area contributed by atoms with Crippen molar-refractivity contribution >= 4 is 6.29 Å². The first-order valence-corrected chi connectivity index (χ1v) is 5.90. The van der Waals surface area contributed by atoms with E-state index in [9.17, 15) is 4.79 Å². The Morgan fingerprint density at radius 2 is 1.94 bits per heavy atom. The zero-order valence-corrected chi connectivity index (χ0v) is 10.6. The van der Waals surface area contributed by atoms with Gasteiger partial charge in [-0.2, -0.15) is 0 Å². The molecule has 0 bridgehead atoms. The molecule has 0 aromatic carbocycles. The van der Waals surface area contributed by atoms with E-state index < -0.39 is 0 Å². The Labute approximate surface area is 98.3 Å². The average molecular weight is 232 g/mol. The third-order valence-corrected chi connectivity index (χ3v) is 2.33. The Balaban J connectivity index is 3.60. The lowest BCUT2D eigenvalue weighted by Crippen LogP contribution is -2.22. The summed E-state index contributed by atoms with van der Waals surface area (Å²) in [5, 5.41) is 0. The number of aldehydes is 1. The van der Waals surface area contributed by atoms with Crippen molar-refractivity contribution in [2.24, 2.45) is 0 Å². The second-order valence-electron chi connectivity index (χ2n) is 3.77. The predicted octanol–water partition coefficient (Wildman–Crippen LogP) is 1.81. The van der Waals surface area contributed by atoms with Gasteiger partial charge in [-0.1, -0.05) is 6.92 Å². The summed E-state index contributed by atoms with van der Waals surface area (Å²) >= 11 is 0. The van der Waals surface area contributed by atoms with Crippen LogP contribution in [-0.2, 0) is 19.0 Å². The van der Waals surface area contributed by atoms with Gasteiger partial charge < -0.3 is 19.0 Å². The maximum absolute atomic E-state index is 10.2. The summed E-state index contributed by atoms with van der Waals surface area (Å²) in [6.45, 7) is 5.84. The summed E-state index contributed by atoms with van der Waals surface area (Å²) < 4.78 is 16.0. The van der Waals surface area contributed by atoms with Crippen LogP contribution in [0.1, 0.15) is 33.1 Å². The van der Waals surface area contributed by atoms with Crippen LogP contribution < -0.4 is 0 Å². The Morgan fingerprint density at radius 1 is 1.19 bits per heavy atom. The zero-order valence-electron chi connectivity index (χ0n) is 10.6. The van der Waals surface area contributed by atoms with Crippen molar-refractivity contribution in [3.8, 4) is 0 Å². The van der Waals surface area contributed by atoms with Crippen LogP contribution in [0.2, 0.25) is 0 Å². The minimum atomic E-state index is 0.163. The largest absolute Gasteiger partial charge is 0.382 e. The molecule has 0 heterocycles. The SMILES string of the molecule is CCC(CC(C)OCCOC)OCCC=O. The Hall–Kier alpha value is -0.450. The van der Waals surface area contributed by atoms with Gasteiger partial charge in [0.2, 0.25) is 0 Å². The molecule has 4 heteroatoms. The fourth-order valence-electron chi connectivity index (χ4n) is 1.41. The van der Waals surface area contributed by atoms with Gasteiger partial charge in [0.25, 0.3) is 0 Å². The van der Waals surface area contributed by atoms with Crippen molar-refractivity contribution in [2.75, 3.05) is 26.9 Å². The molecule has 0 aliphatic carbocycles. The van der Waals surface area contributed by atoms with E-state index in [1.54, 1.807) is 7.11 Å². The lowest BCUT2D eigenvalue weighted by atomic mass is 10.1. The van der Waals surface area contributed by atoms with Crippen LogP contribution in [0, 0.1) is 0 Å². The molecule has 0 aliphatic rings. The van der Waals surface area contributed by atoms with Crippen LogP contribution in [0.3, 0.4) is 0 Å². The minimum Gasteiger partial charge on any atom is -0.382 e. The van der Waals surface area contributed by atoms with Gasteiger partial charge in [0, 0.05) is 13.5 Å². The minimum absolute atomic E-state index is 0.163. The van der Waals surface area contributed by atoms with E-state index in [4.69, 9.17) is 14.2 Å². The monoisotopic (exact) mass is 232 g/mol. The number of carbonyl (C=O) groups excluding carboxylic acids is 1. The van der Waals surface area contributed by atoms with Gasteiger partial charge in [-0.25, -0.2) is 0 Å². The molecular weight excluding hydrogens is 208 g/mol. The fourth-order valence-corrected chi connectivity index (χ4v) is 1.41. The average Bonchev–Trinajstić information content (AvgIpc) is 2.28. The van der Waals surface area contributed by atoms with Gasteiger partial charge in [-0.3, -0.25) is 0 Å². The zero-order chi connectivity index (χ0) is 12.2. The summed E-state index contributed by atoms with van der Waals surface area (Å²) in [4.78, 5) is 10.2. The Kier molecular flexibility index (Phi) is 10.7. The molecule has 0 aromatic heterocycles. The second kappa shape index (κ2) is 11.0. The van der Waals surface area contributed by atoms with Gasteiger partial charge in [-0.15, -0.1) is 0 Å². The second-order valence-corrected chi connectivity index (χ2v) is 3.77. The molecule has 16 heavy (non-hydrogen) atoms. The molecule has 0 spiro atoms. The van der Waals surface area contributed by atoms with Crippen molar-refractivity contribution < 1.29 is 19.0 Å². The van der Waals surface area contributed by atoms with Crippen molar-refractivity contribution in [3.05, 3.63) is 0 Å². The molecule has 0 radical (unpaired) electrons. The summed E-state index contributed by atoms with van der Waals surface area (Å²) in [6, 6.07) is 0. The smallest absolute Gasteiger partial charge is 0.122 e. The molecular formula is C12H24O4. The summed E-state index contributed by atoms with van der Waals surface area (Å²) in [6.07, 6.45) is 3.49. The quantitative estimate of drug-likeness (QED) is 0.402. The summed E-state index contributed by atoms with van der Waals surface area (Å²) in [5.41, 5.74) is 0. The molecule has 96 valence electrons. The maximum Gasteiger partial charge on any atom is 0.122 e. The van der Waals surface area contributed by atoms with Crippen molar-refractivity contribution in [1.29, 1.82) is 0 Å². The molecule has 0 fully saturated rings. The van der Waals surface area contributed by atoms with Crippen LogP contribution in [0.15, 0.2) is 0 Å². The molecule has 0 N–H and O–H groups in total. The highest BCUT2D eigenvalue weighted by molar-refractivity contribution is 5.49. The van der Waals surface area contributed by atoms with E-state index >= 15 is 0 Å². The van der Waals surface area contributed by atoms with Gasteiger partial charge >= 0.3 is 0 Å². The molecule has 0 aliphatic heterocycles. The molecule has 0 aromatic rings. The molecule has 0 amide bonds. The maximum atomic E-state index is 10.2. The van der Waals surface area contributed by atoms with E-state index in [0.29, 0.717) is 26.2 Å². The fraction of sp³-hybridized carbons (Fsp3) is 0.917. The van der Waals surface area contributed by atoms with Crippen molar-refractivity contribution in [2.45, 2.75) is 45.3 Å². The van der Waals surface area contributed by atoms with Crippen molar-refractivity contribution in [3.63, 3.8) is 0 Å². The highest BCUT2D eigenvalue weighted by atomic mass is 16.5. The number of hydrogen-bond donors (Lipinski definition) is 0. The highest BCUT2D eigenvalue weighted by Gasteiger charge is 2.12. The summed E-state index contributed by atoms with van der Waals surface area (Å²) in [5.74, 6) is 0. The van der Waals surface area contributed by atoms with Crippen LogP contribution in [0.4, 0.5) is 0 Å². The van der Waals surface area contributed by atoms with E-state index in [2.05, 4.69) is 6.92 Å². The lowest BCUT2D eigenvalue weighted by Gasteiger charge is -2.20. The van der Waals surface area contributed by atoms with Crippen LogP contribution >= 0.6 is 0 Å². The number of ether oxygens (including phenoxy) is 3. The van der Waals surface area contributed by atoms with Gasteiger partial charge in [-0.05, 0) is 19.8 Å². The van der Waals surface area contributed by atoms with Gasteiger partial charge in [0.1, 0.15) is 6.29 Å². The van der Waals surface area contributed by atoms with Crippen LogP contribution in [0.5, 0.6) is 0 Å². The standard InChI is InChI=1S/C12H24O4/c1-4-12(16-7-5-6-13)10-11(2)15-9-8-14-3/h6,11-12H,4-5,7-10H2,1-3H3. The predicted molar refractivity (Wildman–Crippen MR) is 62.6 cm³/mol. The first kappa shape index (κ1) is 15.6. The lowest BCUT2D eigenvalue weighted by molar-refractivity contribution is -0.109. The first-order chi connectivity index (χ1) is 7.74. The third kappa shape index (κ3) is 8.83. The normalized spacial score (nSPS) is 14.7. The molecule has 0 rings (SSSR count). The van der Waals surface area contributed by atoms with E-state index in [1.807, 2.05) is 6.92 Å². The van der Waals surface area contributed by atoms with Crippen LogP contribution in [0.25, 0.3) is 0 Å². The van der Waals surface area contributed by atoms with Gasteiger partial charge in [0.15, 0.2) is 0 Å². The number of rotatable bonds is 11.